The molecule has 1 fully saturated rings. The number of hydrogen-bond acceptors (Lipinski definition) is 4. The zero-order valence-corrected chi connectivity index (χ0v) is 11.7. The fourth-order valence-electron chi connectivity index (χ4n) is 2.58. The van der Waals surface area contributed by atoms with Gasteiger partial charge in [0.1, 0.15) is 0 Å². The van der Waals surface area contributed by atoms with Crippen molar-refractivity contribution in [3.05, 3.63) is 0 Å². The van der Waals surface area contributed by atoms with Crippen molar-refractivity contribution in [3.63, 3.8) is 0 Å². The van der Waals surface area contributed by atoms with E-state index in [4.69, 9.17) is 9.47 Å². The molecule has 4 heteroatoms. The number of ether oxygens (including phenoxy) is 2. The average Bonchev–Trinajstić information content (AvgIpc) is 2.34. The molecule has 102 valence electrons. The van der Waals surface area contributed by atoms with Crippen molar-refractivity contribution in [1.29, 1.82) is 0 Å². The summed E-state index contributed by atoms with van der Waals surface area (Å²) in [4.78, 5) is 0. The van der Waals surface area contributed by atoms with Crippen molar-refractivity contribution in [2.45, 2.75) is 63.9 Å². The Morgan fingerprint density at radius 3 is 2.53 bits per heavy atom. The Kier molecular flexibility index (Phi) is 4.95. The molecule has 17 heavy (non-hydrogen) atoms. The summed E-state index contributed by atoms with van der Waals surface area (Å²) in [5.74, 6) is 0. The van der Waals surface area contributed by atoms with Gasteiger partial charge >= 0.3 is 0 Å². The Morgan fingerprint density at radius 1 is 1.41 bits per heavy atom. The van der Waals surface area contributed by atoms with E-state index < -0.39 is 0 Å². The summed E-state index contributed by atoms with van der Waals surface area (Å²) in [6, 6.07) is 0.340. The van der Waals surface area contributed by atoms with E-state index >= 15 is 0 Å². The molecule has 2 N–H and O–H groups in total. The molecule has 0 spiro atoms. The van der Waals surface area contributed by atoms with Gasteiger partial charge in [0.15, 0.2) is 0 Å². The summed E-state index contributed by atoms with van der Waals surface area (Å²) in [7, 11) is 1.60. The molecule has 0 saturated carbocycles. The molecule has 1 saturated heterocycles. The monoisotopic (exact) mass is 245 g/mol. The zero-order valence-electron chi connectivity index (χ0n) is 11.7. The summed E-state index contributed by atoms with van der Waals surface area (Å²) < 4.78 is 10.9. The third-order valence-electron chi connectivity index (χ3n) is 3.30. The molecule has 2 atom stereocenters. The van der Waals surface area contributed by atoms with Crippen LogP contribution in [0.3, 0.4) is 0 Å². The van der Waals surface area contributed by atoms with Crippen LogP contribution in [0.5, 0.6) is 0 Å². The van der Waals surface area contributed by atoms with Gasteiger partial charge in [-0.25, -0.2) is 0 Å². The summed E-state index contributed by atoms with van der Waals surface area (Å²) in [5, 5.41) is 13.0. The van der Waals surface area contributed by atoms with E-state index in [1.54, 1.807) is 7.11 Å². The van der Waals surface area contributed by atoms with E-state index in [2.05, 4.69) is 33.0 Å². The molecule has 0 aromatic carbocycles. The SMILES string of the molecule is COCC(O)CCNC1CC(C)(C)OC1(C)C. The molecule has 0 bridgehead atoms. The molecular formula is C13H27NO3. The van der Waals surface area contributed by atoms with Crippen LogP contribution >= 0.6 is 0 Å². The lowest BCUT2D eigenvalue weighted by atomic mass is 9.94. The standard InChI is InChI=1S/C13H27NO3/c1-12(2)8-11(13(3,4)17-12)14-7-6-10(15)9-16-5/h10-11,14-15H,6-9H2,1-5H3. The van der Waals surface area contributed by atoms with Crippen LogP contribution in [0.2, 0.25) is 0 Å². The van der Waals surface area contributed by atoms with E-state index in [9.17, 15) is 5.11 Å². The van der Waals surface area contributed by atoms with Crippen molar-refractivity contribution in [2.24, 2.45) is 0 Å². The van der Waals surface area contributed by atoms with Crippen LogP contribution < -0.4 is 5.32 Å². The summed E-state index contributed by atoms with van der Waals surface area (Å²) in [5.41, 5.74) is -0.206. The minimum Gasteiger partial charge on any atom is -0.391 e. The van der Waals surface area contributed by atoms with E-state index in [-0.39, 0.29) is 17.3 Å². The Morgan fingerprint density at radius 2 is 2.06 bits per heavy atom. The van der Waals surface area contributed by atoms with Crippen molar-refractivity contribution in [3.8, 4) is 0 Å². The van der Waals surface area contributed by atoms with Crippen LogP contribution in [-0.2, 0) is 9.47 Å². The van der Waals surface area contributed by atoms with Gasteiger partial charge in [-0.05, 0) is 47.1 Å². The molecule has 2 unspecified atom stereocenters. The van der Waals surface area contributed by atoms with Crippen LogP contribution in [0.1, 0.15) is 40.5 Å². The minimum atomic E-state index is -0.383. The maximum absolute atomic E-state index is 9.56. The highest BCUT2D eigenvalue weighted by Crippen LogP contribution is 2.37. The molecule has 4 nitrogen and oxygen atoms in total. The second-order valence-electron chi connectivity index (χ2n) is 6.07. The van der Waals surface area contributed by atoms with Crippen molar-refractivity contribution < 1.29 is 14.6 Å². The minimum absolute atomic E-state index is 0.0632. The molecule has 0 aliphatic carbocycles. The van der Waals surface area contributed by atoms with E-state index in [0.29, 0.717) is 19.1 Å². The molecule has 0 aromatic rings. The van der Waals surface area contributed by atoms with Gasteiger partial charge in [-0.15, -0.1) is 0 Å². The topological polar surface area (TPSA) is 50.7 Å². The maximum atomic E-state index is 9.56. The number of aliphatic hydroxyl groups excluding tert-OH is 1. The summed E-state index contributed by atoms with van der Waals surface area (Å²) in [6.45, 7) is 9.66. The highest BCUT2D eigenvalue weighted by atomic mass is 16.5. The third-order valence-corrected chi connectivity index (χ3v) is 3.30. The van der Waals surface area contributed by atoms with Gasteiger partial charge in [-0.1, -0.05) is 0 Å². The maximum Gasteiger partial charge on any atom is 0.0787 e. The van der Waals surface area contributed by atoms with Crippen LogP contribution in [0, 0.1) is 0 Å². The quantitative estimate of drug-likeness (QED) is 0.741. The molecular weight excluding hydrogens is 218 g/mol. The molecule has 1 aliphatic heterocycles. The summed E-state index contributed by atoms with van der Waals surface area (Å²) >= 11 is 0. The zero-order chi connectivity index (χ0) is 13.1. The van der Waals surface area contributed by atoms with Crippen molar-refractivity contribution >= 4 is 0 Å². The molecule has 0 amide bonds. The van der Waals surface area contributed by atoms with E-state index in [1.165, 1.54) is 0 Å². The van der Waals surface area contributed by atoms with Crippen LogP contribution in [0.25, 0.3) is 0 Å². The Balaban J connectivity index is 2.32. The molecule has 1 aliphatic rings. The van der Waals surface area contributed by atoms with Gasteiger partial charge < -0.3 is 19.9 Å². The van der Waals surface area contributed by atoms with Gasteiger partial charge in [0.25, 0.3) is 0 Å². The Labute approximate surface area is 105 Å². The van der Waals surface area contributed by atoms with Crippen molar-refractivity contribution in [1.82, 2.24) is 5.32 Å². The third kappa shape index (κ3) is 4.54. The molecule has 0 radical (unpaired) electrons. The van der Waals surface area contributed by atoms with Gasteiger partial charge in [0, 0.05) is 13.2 Å². The number of nitrogens with one attached hydrogen (secondary N) is 1. The van der Waals surface area contributed by atoms with Gasteiger partial charge in [0.2, 0.25) is 0 Å². The molecule has 1 rings (SSSR count). The second kappa shape index (κ2) is 5.65. The van der Waals surface area contributed by atoms with E-state index in [1.807, 2.05) is 0 Å². The molecule has 1 heterocycles. The van der Waals surface area contributed by atoms with Crippen molar-refractivity contribution in [2.75, 3.05) is 20.3 Å². The van der Waals surface area contributed by atoms with Crippen LogP contribution in [0.15, 0.2) is 0 Å². The smallest absolute Gasteiger partial charge is 0.0787 e. The number of hydrogen-bond donors (Lipinski definition) is 2. The average molecular weight is 245 g/mol. The normalized spacial score (nSPS) is 28.2. The highest BCUT2D eigenvalue weighted by molar-refractivity contribution is 4.98. The first kappa shape index (κ1) is 14.9. The van der Waals surface area contributed by atoms with Crippen LogP contribution in [-0.4, -0.2) is 48.7 Å². The van der Waals surface area contributed by atoms with Gasteiger partial charge in [-0.3, -0.25) is 0 Å². The lowest BCUT2D eigenvalue weighted by Crippen LogP contribution is -2.44. The Hall–Kier alpha value is -0.160. The predicted molar refractivity (Wildman–Crippen MR) is 68.2 cm³/mol. The fraction of sp³-hybridized carbons (Fsp3) is 1.00. The van der Waals surface area contributed by atoms with Gasteiger partial charge in [0.05, 0.1) is 23.9 Å². The number of methoxy groups -OCH3 is 1. The predicted octanol–water partition coefficient (Wildman–Crippen LogP) is 1.32. The Bertz CT molecular complexity index is 241. The largest absolute Gasteiger partial charge is 0.391 e. The van der Waals surface area contributed by atoms with Gasteiger partial charge in [-0.2, -0.15) is 0 Å². The first-order valence-electron chi connectivity index (χ1n) is 6.37. The first-order chi connectivity index (χ1) is 7.77. The first-order valence-corrected chi connectivity index (χ1v) is 6.37. The lowest BCUT2D eigenvalue weighted by Gasteiger charge is -2.28. The second-order valence-corrected chi connectivity index (χ2v) is 6.07. The van der Waals surface area contributed by atoms with Crippen LogP contribution in [0.4, 0.5) is 0 Å². The highest BCUT2D eigenvalue weighted by Gasteiger charge is 2.45. The number of rotatable bonds is 6. The summed E-state index contributed by atoms with van der Waals surface area (Å²) in [6.07, 6.45) is 1.33. The molecule has 0 aromatic heterocycles. The fourth-order valence-corrected chi connectivity index (χ4v) is 2.58. The van der Waals surface area contributed by atoms with E-state index in [0.717, 1.165) is 13.0 Å². The lowest BCUT2D eigenvalue weighted by molar-refractivity contribution is -0.0699. The number of aliphatic hydroxyl groups is 1.